The molecule has 128 valence electrons. The molecule has 0 saturated carbocycles. The normalized spacial score (nSPS) is 10.7. The number of anilines is 1. The van der Waals surface area contributed by atoms with Crippen LogP contribution in [0.15, 0.2) is 48.8 Å². The number of nitriles is 1. The largest absolute Gasteiger partial charge is 0.306 e. The highest BCUT2D eigenvalue weighted by Gasteiger charge is 2.14. The Labute approximate surface area is 153 Å². The van der Waals surface area contributed by atoms with E-state index in [-0.39, 0.29) is 16.4 Å². The molecule has 0 radical (unpaired) electrons. The fourth-order valence-electron chi connectivity index (χ4n) is 2.17. The topological polar surface area (TPSA) is 94.5 Å². The summed E-state index contributed by atoms with van der Waals surface area (Å²) in [6.45, 7) is 0. The first-order valence-electron chi connectivity index (χ1n) is 7.41. The van der Waals surface area contributed by atoms with E-state index >= 15 is 0 Å². The molecule has 3 aromatic rings. The summed E-state index contributed by atoms with van der Waals surface area (Å²) in [6, 6.07) is 9.28. The van der Waals surface area contributed by atoms with Crippen LogP contribution in [0, 0.1) is 17.1 Å². The van der Waals surface area contributed by atoms with Gasteiger partial charge in [0.25, 0.3) is 0 Å². The molecule has 0 spiro atoms. The van der Waals surface area contributed by atoms with Crippen LogP contribution in [-0.2, 0) is 4.79 Å². The lowest BCUT2D eigenvalue weighted by Gasteiger charge is -2.00. The minimum absolute atomic E-state index is 0.0560. The molecule has 2 N–H and O–H groups in total. The molecule has 0 saturated heterocycles. The van der Waals surface area contributed by atoms with Gasteiger partial charge in [-0.2, -0.15) is 10.4 Å². The summed E-state index contributed by atoms with van der Waals surface area (Å²) >= 11 is 6.24. The lowest BCUT2D eigenvalue weighted by atomic mass is 10.1. The molecule has 2 heterocycles. The molecule has 0 aliphatic carbocycles. The molecule has 0 unspecified atom stereocenters. The maximum atomic E-state index is 13.5. The third-order valence-electron chi connectivity index (χ3n) is 3.45. The number of hydrogen-bond acceptors (Lipinski definition) is 4. The zero-order valence-corrected chi connectivity index (χ0v) is 14.0. The number of carbonyl (C=O) groups excluding carboxylic acids is 1. The van der Waals surface area contributed by atoms with Crippen LogP contribution in [0.2, 0.25) is 5.02 Å². The molecular weight excluding hydrogens is 357 g/mol. The molecule has 0 fully saturated rings. The first-order valence-corrected chi connectivity index (χ1v) is 7.79. The van der Waals surface area contributed by atoms with Gasteiger partial charge in [-0.15, -0.1) is 0 Å². The first-order chi connectivity index (χ1) is 12.6. The third kappa shape index (κ3) is 3.77. The minimum Gasteiger partial charge on any atom is -0.306 e. The van der Waals surface area contributed by atoms with Gasteiger partial charge in [-0.1, -0.05) is 17.7 Å². The first kappa shape index (κ1) is 17.3. The maximum absolute atomic E-state index is 13.5. The smallest absolute Gasteiger partial charge is 0.249 e. The molecule has 1 aromatic carbocycles. The second-order valence-corrected chi connectivity index (χ2v) is 5.55. The predicted octanol–water partition coefficient (Wildman–Crippen LogP) is 3.79. The van der Waals surface area contributed by atoms with Gasteiger partial charge in [0, 0.05) is 24.0 Å². The summed E-state index contributed by atoms with van der Waals surface area (Å²) in [5.41, 5.74) is 1.64. The van der Waals surface area contributed by atoms with Gasteiger partial charge in [0.1, 0.15) is 28.4 Å². The van der Waals surface area contributed by atoms with Crippen molar-refractivity contribution in [3.63, 3.8) is 0 Å². The van der Waals surface area contributed by atoms with Crippen LogP contribution in [0.25, 0.3) is 17.3 Å². The number of amides is 1. The van der Waals surface area contributed by atoms with Gasteiger partial charge in [0.15, 0.2) is 0 Å². The van der Waals surface area contributed by atoms with Crippen LogP contribution in [0.1, 0.15) is 11.1 Å². The average molecular weight is 368 g/mol. The van der Waals surface area contributed by atoms with E-state index in [2.05, 4.69) is 20.5 Å². The molecule has 8 heteroatoms. The highest BCUT2D eigenvalue weighted by molar-refractivity contribution is 6.36. The van der Waals surface area contributed by atoms with Crippen LogP contribution in [0.3, 0.4) is 0 Å². The van der Waals surface area contributed by atoms with Gasteiger partial charge >= 0.3 is 0 Å². The molecule has 0 aliphatic rings. The second kappa shape index (κ2) is 7.59. The van der Waals surface area contributed by atoms with Crippen molar-refractivity contribution in [2.45, 2.75) is 0 Å². The number of aromatic nitrogens is 3. The molecule has 3 rings (SSSR count). The molecule has 0 bridgehead atoms. The summed E-state index contributed by atoms with van der Waals surface area (Å²) in [5.74, 6) is -0.866. The summed E-state index contributed by atoms with van der Waals surface area (Å²) in [4.78, 5) is 16.0. The maximum Gasteiger partial charge on any atom is 0.249 e. The summed E-state index contributed by atoms with van der Waals surface area (Å²) in [6.07, 6.45) is 5.87. The Bertz CT molecular complexity index is 1020. The second-order valence-electron chi connectivity index (χ2n) is 5.17. The van der Waals surface area contributed by atoms with Crippen molar-refractivity contribution < 1.29 is 9.18 Å². The average Bonchev–Trinajstić information content (AvgIpc) is 3.01. The van der Waals surface area contributed by atoms with Gasteiger partial charge in [-0.05, 0) is 35.9 Å². The Morgan fingerprint density at radius 3 is 2.77 bits per heavy atom. The van der Waals surface area contributed by atoms with E-state index < -0.39 is 11.7 Å². The lowest BCUT2D eigenvalue weighted by Crippen LogP contribution is -2.08. The Kier molecular flexibility index (Phi) is 5.06. The van der Waals surface area contributed by atoms with Crippen LogP contribution >= 0.6 is 11.6 Å². The molecule has 0 aliphatic heterocycles. The highest BCUT2D eigenvalue weighted by Crippen LogP contribution is 2.30. The monoisotopic (exact) mass is 367 g/mol. The number of halogens is 2. The van der Waals surface area contributed by atoms with Gasteiger partial charge in [-0.3, -0.25) is 14.9 Å². The van der Waals surface area contributed by atoms with Gasteiger partial charge in [0.2, 0.25) is 5.91 Å². The van der Waals surface area contributed by atoms with Crippen molar-refractivity contribution >= 4 is 29.4 Å². The van der Waals surface area contributed by atoms with E-state index in [9.17, 15) is 9.18 Å². The van der Waals surface area contributed by atoms with Crippen LogP contribution in [0.4, 0.5) is 10.2 Å². The van der Waals surface area contributed by atoms with Crippen LogP contribution < -0.4 is 5.32 Å². The van der Waals surface area contributed by atoms with Crippen molar-refractivity contribution in [3.8, 4) is 17.3 Å². The van der Waals surface area contributed by atoms with E-state index in [0.29, 0.717) is 11.3 Å². The van der Waals surface area contributed by atoms with Crippen molar-refractivity contribution in [1.29, 1.82) is 5.26 Å². The number of pyridine rings is 1. The molecule has 0 atom stereocenters. The number of H-pyrrole nitrogens is 1. The van der Waals surface area contributed by atoms with Crippen molar-refractivity contribution in [3.05, 3.63) is 70.8 Å². The Hall–Kier alpha value is -3.50. The number of aromatic amines is 1. The molecule has 26 heavy (non-hydrogen) atoms. The number of nitrogens with one attached hydrogen (secondary N) is 2. The van der Waals surface area contributed by atoms with Crippen molar-refractivity contribution in [1.82, 2.24) is 15.2 Å². The van der Waals surface area contributed by atoms with Gasteiger partial charge < -0.3 is 5.32 Å². The van der Waals surface area contributed by atoms with E-state index in [0.717, 1.165) is 5.56 Å². The van der Waals surface area contributed by atoms with Crippen molar-refractivity contribution in [2.24, 2.45) is 0 Å². The molecule has 1 amide bonds. The zero-order valence-electron chi connectivity index (χ0n) is 13.2. The zero-order chi connectivity index (χ0) is 18.5. The lowest BCUT2D eigenvalue weighted by molar-refractivity contribution is -0.111. The number of benzene rings is 1. The quantitative estimate of drug-likeness (QED) is 0.686. The number of carbonyl (C=O) groups is 1. The Morgan fingerprint density at radius 2 is 2.08 bits per heavy atom. The molecule has 2 aromatic heterocycles. The number of nitrogens with zero attached hydrogens (tertiary/aromatic N) is 3. The van der Waals surface area contributed by atoms with Gasteiger partial charge in [-0.25, -0.2) is 4.39 Å². The van der Waals surface area contributed by atoms with Crippen molar-refractivity contribution in [2.75, 3.05) is 5.32 Å². The fourth-order valence-corrected chi connectivity index (χ4v) is 2.42. The molecule has 6 nitrogen and oxygen atoms in total. The van der Waals surface area contributed by atoms with Gasteiger partial charge in [0.05, 0.1) is 5.56 Å². The fraction of sp³-hybridized carbons (Fsp3) is 0. The van der Waals surface area contributed by atoms with E-state index in [1.54, 1.807) is 30.6 Å². The standard InChI is InChI=1S/C18H11ClFN5O/c19-16-17(12-5-7-22-8-6-12)24-25-18(16)23-15(26)4-2-11-1-3-13(10-21)14(20)9-11/h1-9H,(H2,23,24,25,26). The summed E-state index contributed by atoms with van der Waals surface area (Å²) in [5, 5.41) is 18.3. The van der Waals surface area contributed by atoms with E-state index in [1.165, 1.54) is 30.4 Å². The van der Waals surface area contributed by atoms with E-state index in [4.69, 9.17) is 16.9 Å². The third-order valence-corrected chi connectivity index (χ3v) is 3.82. The summed E-state index contributed by atoms with van der Waals surface area (Å²) in [7, 11) is 0. The Balaban J connectivity index is 1.72. The summed E-state index contributed by atoms with van der Waals surface area (Å²) < 4.78 is 13.5. The Morgan fingerprint density at radius 1 is 1.31 bits per heavy atom. The van der Waals surface area contributed by atoms with E-state index in [1.807, 2.05) is 0 Å². The highest BCUT2D eigenvalue weighted by atomic mass is 35.5. The molecular formula is C18H11ClFN5O. The number of hydrogen-bond donors (Lipinski definition) is 2. The minimum atomic E-state index is -0.645. The SMILES string of the molecule is N#Cc1ccc(C=CC(=O)Nc2[nH]nc(-c3ccncc3)c2Cl)cc1F. The van der Waals surface area contributed by atoms with Crippen LogP contribution in [0.5, 0.6) is 0 Å². The number of rotatable bonds is 4. The predicted molar refractivity (Wildman–Crippen MR) is 95.6 cm³/mol. The van der Waals surface area contributed by atoms with Crippen LogP contribution in [-0.4, -0.2) is 21.1 Å².